The third-order valence-corrected chi connectivity index (χ3v) is 4.29. The molecular weight excluding hydrogens is 322 g/mol. The van der Waals surface area contributed by atoms with Crippen molar-refractivity contribution in [2.45, 2.75) is 12.5 Å². The van der Waals surface area contributed by atoms with Crippen molar-refractivity contribution >= 4 is 5.91 Å². The minimum Gasteiger partial charge on any atom is -0.493 e. The molecule has 130 valence electrons. The Hall–Kier alpha value is -2.89. The summed E-state index contributed by atoms with van der Waals surface area (Å²) in [6.07, 6.45) is 0.737. The van der Waals surface area contributed by atoms with Gasteiger partial charge in [-0.1, -0.05) is 18.2 Å². The topological polar surface area (TPSA) is 66.0 Å². The molecule has 1 unspecified atom stereocenters. The third kappa shape index (κ3) is 3.07. The summed E-state index contributed by atoms with van der Waals surface area (Å²) in [5.74, 6) is 2.25. The van der Waals surface area contributed by atoms with Gasteiger partial charge < -0.3 is 24.3 Å². The fourth-order valence-corrected chi connectivity index (χ4v) is 3.08. The van der Waals surface area contributed by atoms with Crippen LogP contribution in [0.1, 0.15) is 15.9 Å². The van der Waals surface area contributed by atoms with Gasteiger partial charge in [0.25, 0.3) is 5.91 Å². The highest BCUT2D eigenvalue weighted by molar-refractivity contribution is 5.95. The van der Waals surface area contributed by atoms with Crippen LogP contribution >= 0.6 is 0 Å². The van der Waals surface area contributed by atoms with Crippen molar-refractivity contribution in [3.63, 3.8) is 0 Å². The van der Waals surface area contributed by atoms with Crippen LogP contribution in [0.3, 0.4) is 0 Å². The van der Waals surface area contributed by atoms with Crippen molar-refractivity contribution in [3.05, 3.63) is 47.5 Å². The predicted octanol–water partition coefficient (Wildman–Crippen LogP) is 2.20. The van der Waals surface area contributed by atoms with E-state index in [4.69, 9.17) is 18.9 Å². The summed E-state index contributed by atoms with van der Waals surface area (Å²) in [7, 11) is 1.54. The number of hydrogen-bond donors (Lipinski definition) is 1. The van der Waals surface area contributed by atoms with Crippen LogP contribution in [0, 0.1) is 0 Å². The number of rotatable bonds is 4. The fourth-order valence-electron chi connectivity index (χ4n) is 3.08. The van der Waals surface area contributed by atoms with Crippen molar-refractivity contribution < 1.29 is 23.7 Å². The van der Waals surface area contributed by atoms with Crippen LogP contribution < -0.4 is 24.3 Å². The van der Waals surface area contributed by atoms with E-state index >= 15 is 0 Å². The highest BCUT2D eigenvalue weighted by Crippen LogP contribution is 2.40. The molecule has 2 heterocycles. The smallest absolute Gasteiger partial charge is 0.251 e. The standard InChI is InChI=1S/C19H19NO5/c1-22-16-9-13(10-17-18(16)24-7-6-23-17)19(21)20-11-14-8-12-4-2-3-5-15(12)25-14/h2-5,9-10,14H,6-8,11H2,1H3,(H,20,21). The summed E-state index contributed by atoms with van der Waals surface area (Å²) in [5.41, 5.74) is 1.64. The van der Waals surface area contributed by atoms with Crippen molar-refractivity contribution in [1.82, 2.24) is 5.32 Å². The number of carbonyl (C=O) groups excluding carboxylic acids is 1. The number of para-hydroxylation sites is 1. The molecule has 2 aromatic rings. The minimum atomic E-state index is -0.199. The highest BCUT2D eigenvalue weighted by atomic mass is 16.6. The maximum atomic E-state index is 12.5. The molecule has 0 saturated carbocycles. The van der Waals surface area contributed by atoms with Crippen LogP contribution in [0.4, 0.5) is 0 Å². The van der Waals surface area contributed by atoms with Gasteiger partial charge in [-0.05, 0) is 23.8 Å². The van der Waals surface area contributed by atoms with E-state index in [1.807, 2.05) is 24.3 Å². The lowest BCUT2D eigenvalue weighted by Crippen LogP contribution is -2.34. The molecule has 0 radical (unpaired) electrons. The first-order valence-corrected chi connectivity index (χ1v) is 8.25. The average molecular weight is 341 g/mol. The Labute approximate surface area is 145 Å². The summed E-state index contributed by atoms with van der Waals surface area (Å²) >= 11 is 0. The van der Waals surface area contributed by atoms with E-state index in [0.717, 1.165) is 12.2 Å². The van der Waals surface area contributed by atoms with Crippen molar-refractivity contribution in [1.29, 1.82) is 0 Å². The minimum absolute atomic E-state index is 0.0551. The molecule has 0 aliphatic carbocycles. The molecule has 4 rings (SSSR count). The predicted molar refractivity (Wildman–Crippen MR) is 90.9 cm³/mol. The lowest BCUT2D eigenvalue weighted by molar-refractivity contribution is 0.0931. The van der Waals surface area contributed by atoms with Crippen LogP contribution in [0.5, 0.6) is 23.0 Å². The summed E-state index contributed by atoms with van der Waals surface area (Å²) < 4.78 is 22.3. The van der Waals surface area contributed by atoms with E-state index in [-0.39, 0.29) is 12.0 Å². The molecule has 2 aliphatic heterocycles. The summed E-state index contributed by atoms with van der Waals surface area (Å²) in [6, 6.07) is 11.3. The number of fused-ring (bicyclic) bond motifs is 2. The maximum Gasteiger partial charge on any atom is 0.251 e. The van der Waals surface area contributed by atoms with Crippen LogP contribution in [-0.2, 0) is 6.42 Å². The monoisotopic (exact) mass is 341 g/mol. The van der Waals surface area contributed by atoms with Gasteiger partial charge in [0.05, 0.1) is 13.7 Å². The number of methoxy groups -OCH3 is 1. The van der Waals surface area contributed by atoms with Crippen LogP contribution in [0.15, 0.2) is 36.4 Å². The molecule has 0 aromatic heterocycles. The van der Waals surface area contributed by atoms with Crippen molar-refractivity contribution in [3.8, 4) is 23.0 Å². The molecule has 1 amide bonds. The largest absolute Gasteiger partial charge is 0.493 e. The van der Waals surface area contributed by atoms with E-state index < -0.39 is 0 Å². The van der Waals surface area contributed by atoms with Gasteiger partial charge in [0.1, 0.15) is 25.1 Å². The second kappa shape index (κ2) is 6.55. The zero-order valence-electron chi connectivity index (χ0n) is 13.9. The second-order valence-electron chi connectivity index (χ2n) is 5.96. The highest BCUT2D eigenvalue weighted by Gasteiger charge is 2.24. The van der Waals surface area contributed by atoms with E-state index in [1.54, 1.807) is 19.2 Å². The molecule has 0 saturated heterocycles. The Morgan fingerprint density at radius 1 is 1.20 bits per heavy atom. The number of amides is 1. The van der Waals surface area contributed by atoms with Crippen LogP contribution in [0.2, 0.25) is 0 Å². The van der Waals surface area contributed by atoms with Crippen LogP contribution in [-0.4, -0.2) is 38.9 Å². The van der Waals surface area contributed by atoms with Crippen molar-refractivity contribution in [2.75, 3.05) is 26.9 Å². The average Bonchev–Trinajstić information content (AvgIpc) is 3.08. The quantitative estimate of drug-likeness (QED) is 0.923. The van der Waals surface area contributed by atoms with Gasteiger partial charge >= 0.3 is 0 Å². The lowest BCUT2D eigenvalue weighted by Gasteiger charge is -2.21. The van der Waals surface area contributed by atoms with Gasteiger partial charge in [0.15, 0.2) is 11.5 Å². The molecular formula is C19H19NO5. The molecule has 6 heteroatoms. The zero-order valence-corrected chi connectivity index (χ0v) is 13.9. The van der Waals surface area contributed by atoms with Gasteiger partial charge in [0, 0.05) is 12.0 Å². The SMILES string of the molecule is COc1cc(C(=O)NCC2Cc3ccccc3O2)cc2c1OCCO2. The number of hydrogen-bond acceptors (Lipinski definition) is 5. The Morgan fingerprint density at radius 3 is 2.88 bits per heavy atom. The normalized spacial score (nSPS) is 17.4. The molecule has 1 atom stereocenters. The van der Waals surface area contributed by atoms with E-state index in [1.165, 1.54) is 5.56 Å². The molecule has 2 aromatic carbocycles. The van der Waals surface area contributed by atoms with Gasteiger partial charge in [-0.3, -0.25) is 4.79 Å². The Balaban J connectivity index is 1.43. The summed E-state index contributed by atoms with van der Waals surface area (Å²) in [4.78, 5) is 12.5. The van der Waals surface area contributed by atoms with Crippen LogP contribution in [0.25, 0.3) is 0 Å². The first-order chi connectivity index (χ1) is 12.2. The van der Waals surface area contributed by atoms with Gasteiger partial charge in [-0.15, -0.1) is 0 Å². The second-order valence-corrected chi connectivity index (χ2v) is 5.96. The molecule has 1 N–H and O–H groups in total. The molecule has 2 aliphatic rings. The summed E-state index contributed by atoms with van der Waals surface area (Å²) in [5, 5.41) is 2.92. The molecule has 0 spiro atoms. The Kier molecular flexibility index (Phi) is 4.09. The molecule has 0 fully saturated rings. The van der Waals surface area contributed by atoms with Gasteiger partial charge in [0.2, 0.25) is 5.75 Å². The Bertz CT molecular complexity index is 762. The van der Waals surface area contributed by atoms with E-state index in [2.05, 4.69) is 5.32 Å². The fraction of sp³-hybridized carbons (Fsp3) is 0.316. The van der Waals surface area contributed by atoms with Crippen molar-refractivity contribution in [2.24, 2.45) is 0 Å². The maximum absolute atomic E-state index is 12.5. The summed E-state index contributed by atoms with van der Waals surface area (Å²) in [6.45, 7) is 1.36. The number of nitrogens with one attached hydrogen (secondary N) is 1. The van der Waals surface area contributed by atoms with Gasteiger partial charge in [-0.25, -0.2) is 0 Å². The molecule has 0 bridgehead atoms. The molecule has 6 nitrogen and oxygen atoms in total. The third-order valence-electron chi connectivity index (χ3n) is 4.29. The van der Waals surface area contributed by atoms with Gasteiger partial charge in [-0.2, -0.15) is 0 Å². The first-order valence-electron chi connectivity index (χ1n) is 8.25. The number of benzene rings is 2. The number of carbonyl (C=O) groups is 1. The lowest BCUT2D eigenvalue weighted by atomic mass is 10.1. The van der Waals surface area contributed by atoms with E-state index in [0.29, 0.717) is 42.6 Å². The zero-order chi connectivity index (χ0) is 17.2. The first kappa shape index (κ1) is 15.6. The van der Waals surface area contributed by atoms with E-state index in [9.17, 15) is 4.79 Å². The molecule has 25 heavy (non-hydrogen) atoms. The Morgan fingerprint density at radius 2 is 2.04 bits per heavy atom. The number of ether oxygens (including phenoxy) is 4.